The van der Waals surface area contributed by atoms with Crippen molar-refractivity contribution in [2.24, 2.45) is 12.0 Å². The molecule has 23 heavy (non-hydrogen) atoms. The van der Waals surface area contributed by atoms with Gasteiger partial charge in [0.25, 0.3) is 5.88 Å². The largest absolute Gasteiger partial charge is 0.467 e. The summed E-state index contributed by atoms with van der Waals surface area (Å²) in [6, 6.07) is 2.04. The number of nitrogens with one attached hydrogen (secondary N) is 1. The van der Waals surface area contributed by atoms with Crippen LogP contribution < -0.4 is 10.1 Å². The van der Waals surface area contributed by atoms with Crippen LogP contribution in [-0.2, 0) is 18.2 Å². The van der Waals surface area contributed by atoms with Crippen LogP contribution in [0.4, 0.5) is 17.5 Å². The molecule has 9 heteroatoms. The molecule has 9 nitrogen and oxygen atoms in total. The van der Waals surface area contributed by atoms with Crippen molar-refractivity contribution in [3.05, 3.63) is 18.0 Å². The van der Waals surface area contributed by atoms with Gasteiger partial charge in [0.05, 0.1) is 19.4 Å². The van der Waals surface area contributed by atoms with Gasteiger partial charge in [-0.15, -0.1) is 5.10 Å². The maximum Gasteiger partial charge on any atom is 0.257 e. The zero-order valence-corrected chi connectivity index (χ0v) is 12.4. The van der Waals surface area contributed by atoms with E-state index in [9.17, 15) is 0 Å². The van der Waals surface area contributed by atoms with Gasteiger partial charge in [-0.25, -0.2) is 9.98 Å². The monoisotopic (exact) mass is 311 g/mol. The highest BCUT2D eigenvalue weighted by Crippen LogP contribution is 2.29. The second-order valence-corrected chi connectivity index (χ2v) is 5.31. The van der Waals surface area contributed by atoms with Crippen molar-refractivity contribution in [2.45, 2.75) is 12.5 Å². The molecule has 0 spiro atoms. The summed E-state index contributed by atoms with van der Waals surface area (Å²) in [7, 11) is 1.81. The second-order valence-electron chi connectivity index (χ2n) is 5.31. The number of ether oxygens (including phenoxy) is 2. The summed E-state index contributed by atoms with van der Waals surface area (Å²) >= 11 is 0. The lowest BCUT2D eigenvalue weighted by Gasteiger charge is -2.25. The smallest absolute Gasteiger partial charge is 0.257 e. The first-order chi connectivity index (χ1) is 11.2. The Morgan fingerprint density at radius 2 is 2.35 bits per heavy atom. The van der Waals surface area contributed by atoms with E-state index in [4.69, 9.17) is 14.7 Å². The molecule has 0 aliphatic carbocycles. The lowest BCUT2D eigenvalue weighted by atomic mass is 10.2. The Labute approximate surface area is 131 Å². The third-order valence-corrected chi connectivity index (χ3v) is 3.50. The van der Waals surface area contributed by atoms with Crippen molar-refractivity contribution in [2.75, 3.05) is 18.5 Å². The number of aliphatic imine (C=N–C) groups is 1. The fraction of sp³-hybridized carbons (Fsp3) is 0.357. The first-order valence-corrected chi connectivity index (χ1v) is 7.10. The highest BCUT2D eigenvalue weighted by molar-refractivity contribution is 6.04. The van der Waals surface area contributed by atoms with E-state index in [2.05, 4.69) is 25.4 Å². The van der Waals surface area contributed by atoms with Crippen LogP contribution in [0.3, 0.4) is 0 Å². The first kappa shape index (κ1) is 13.7. The van der Waals surface area contributed by atoms with E-state index in [1.807, 2.05) is 13.1 Å². The SMILES string of the molecule is Cn1cc(Nc2ncc3c(n2)N=C(C#N)C3)c(OC2COC2)n1. The number of hydrogen-bond acceptors (Lipinski definition) is 8. The summed E-state index contributed by atoms with van der Waals surface area (Å²) in [5.41, 5.74) is 1.96. The summed E-state index contributed by atoms with van der Waals surface area (Å²) in [4.78, 5) is 12.8. The Morgan fingerprint density at radius 1 is 1.48 bits per heavy atom. The maximum atomic E-state index is 8.91. The molecule has 116 valence electrons. The van der Waals surface area contributed by atoms with Crippen LogP contribution in [0.15, 0.2) is 17.4 Å². The third kappa shape index (κ3) is 2.60. The summed E-state index contributed by atoms with van der Waals surface area (Å²) in [6.45, 7) is 1.13. The molecule has 0 atom stereocenters. The van der Waals surface area contributed by atoms with Crippen LogP contribution in [0.1, 0.15) is 5.56 Å². The van der Waals surface area contributed by atoms with E-state index in [1.54, 1.807) is 17.1 Å². The van der Waals surface area contributed by atoms with Crippen LogP contribution in [0.25, 0.3) is 0 Å². The number of hydrogen-bond donors (Lipinski definition) is 1. The molecular weight excluding hydrogens is 298 g/mol. The lowest BCUT2D eigenvalue weighted by Crippen LogP contribution is -2.38. The van der Waals surface area contributed by atoms with Crippen molar-refractivity contribution < 1.29 is 9.47 Å². The van der Waals surface area contributed by atoms with E-state index in [0.717, 1.165) is 5.56 Å². The zero-order valence-electron chi connectivity index (χ0n) is 12.4. The van der Waals surface area contributed by atoms with E-state index >= 15 is 0 Å². The molecule has 2 aliphatic heterocycles. The van der Waals surface area contributed by atoms with Gasteiger partial charge < -0.3 is 14.8 Å². The predicted molar refractivity (Wildman–Crippen MR) is 80.2 cm³/mol. The molecular formula is C14H13N7O2. The summed E-state index contributed by atoms with van der Waals surface area (Å²) in [5, 5.41) is 16.3. The molecule has 2 aliphatic rings. The van der Waals surface area contributed by atoms with Gasteiger partial charge in [-0.2, -0.15) is 10.2 Å². The maximum absolute atomic E-state index is 8.91. The van der Waals surface area contributed by atoms with Gasteiger partial charge in [-0.3, -0.25) is 4.68 Å². The normalized spacial score (nSPS) is 16.3. The van der Waals surface area contributed by atoms with Crippen LogP contribution >= 0.6 is 0 Å². The average Bonchev–Trinajstić information content (AvgIpc) is 3.05. The molecule has 2 aromatic heterocycles. The molecule has 0 radical (unpaired) electrons. The Kier molecular flexibility index (Phi) is 3.17. The Hall–Kier alpha value is -2.99. The van der Waals surface area contributed by atoms with Crippen LogP contribution in [0.2, 0.25) is 0 Å². The number of anilines is 2. The number of aromatic nitrogens is 4. The van der Waals surface area contributed by atoms with Crippen molar-refractivity contribution in [1.29, 1.82) is 5.26 Å². The molecule has 0 amide bonds. The number of aryl methyl sites for hydroxylation is 1. The summed E-state index contributed by atoms with van der Waals surface area (Å²) < 4.78 is 12.5. The molecule has 1 N–H and O–H groups in total. The van der Waals surface area contributed by atoms with Gasteiger partial charge in [0, 0.05) is 25.2 Å². The number of rotatable bonds is 4. The van der Waals surface area contributed by atoms with E-state index in [0.29, 0.717) is 48.7 Å². The van der Waals surface area contributed by atoms with E-state index in [-0.39, 0.29) is 6.10 Å². The number of nitrogens with zero attached hydrogens (tertiary/aromatic N) is 6. The van der Waals surface area contributed by atoms with Gasteiger partial charge in [-0.05, 0) is 0 Å². The molecule has 1 saturated heterocycles. The molecule has 2 aromatic rings. The van der Waals surface area contributed by atoms with Crippen molar-refractivity contribution in [1.82, 2.24) is 19.7 Å². The van der Waals surface area contributed by atoms with Crippen molar-refractivity contribution in [3.8, 4) is 11.9 Å². The minimum absolute atomic E-state index is 0.0224. The predicted octanol–water partition coefficient (Wildman–Crippen LogP) is 0.883. The lowest BCUT2D eigenvalue weighted by molar-refractivity contribution is -0.0812. The third-order valence-electron chi connectivity index (χ3n) is 3.50. The minimum Gasteiger partial charge on any atom is -0.467 e. The summed E-state index contributed by atoms with van der Waals surface area (Å²) in [6.07, 6.45) is 3.97. The van der Waals surface area contributed by atoms with Crippen LogP contribution in [-0.4, -0.2) is 44.8 Å². The Bertz CT molecular complexity index is 832. The molecule has 0 saturated carbocycles. The van der Waals surface area contributed by atoms with Gasteiger partial charge in [0.15, 0.2) is 5.82 Å². The fourth-order valence-corrected chi connectivity index (χ4v) is 2.29. The molecule has 0 aromatic carbocycles. The highest BCUT2D eigenvalue weighted by atomic mass is 16.6. The number of fused-ring (bicyclic) bond motifs is 1. The zero-order chi connectivity index (χ0) is 15.8. The Morgan fingerprint density at radius 3 is 3.09 bits per heavy atom. The average molecular weight is 311 g/mol. The minimum atomic E-state index is 0.0224. The van der Waals surface area contributed by atoms with E-state index < -0.39 is 0 Å². The van der Waals surface area contributed by atoms with Gasteiger partial charge in [-0.1, -0.05) is 0 Å². The first-order valence-electron chi connectivity index (χ1n) is 7.10. The second kappa shape index (κ2) is 5.33. The molecule has 1 fully saturated rings. The van der Waals surface area contributed by atoms with Gasteiger partial charge >= 0.3 is 0 Å². The van der Waals surface area contributed by atoms with Crippen molar-refractivity contribution in [3.63, 3.8) is 0 Å². The van der Waals surface area contributed by atoms with Crippen molar-refractivity contribution >= 4 is 23.2 Å². The molecule has 4 heterocycles. The van der Waals surface area contributed by atoms with E-state index in [1.165, 1.54) is 0 Å². The fourth-order valence-electron chi connectivity index (χ4n) is 2.29. The topological polar surface area (TPSA) is 110 Å². The summed E-state index contributed by atoms with van der Waals surface area (Å²) in [5.74, 6) is 1.39. The van der Waals surface area contributed by atoms with Crippen LogP contribution in [0, 0.1) is 11.3 Å². The standard InChI is InChI=1S/C14H13N7O2/c1-21-5-11(13(20-21)23-10-6-22-7-10)18-14-16-4-8-2-9(3-15)17-12(8)19-14/h4-5,10H,2,6-7H2,1H3,(H,16,18,19). The highest BCUT2D eigenvalue weighted by Gasteiger charge is 2.24. The molecule has 0 unspecified atom stereocenters. The quantitative estimate of drug-likeness (QED) is 0.892. The van der Waals surface area contributed by atoms with Gasteiger partial charge in [0.1, 0.15) is 23.6 Å². The Balaban J connectivity index is 1.57. The molecule has 0 bridgehead atoms. The van der Waals surface area contributed by atoms with Crippen LogP contribution in [0.5, 0.6) is 5.88 Å². The number of nitriles is 1. The molecule has 4 rings (SSSR count). The van der Waals surface area contributed by atoms with Gasteiger partial charge in [0.2, 0.25) is 5.95 Å².